The van der Waals surface area contributed by atoms with Gasteiger partial charge in [0, 0.05) is 15.7 Å². The number of halogens is 4. The standard InChI is InChI=1S/C31H24ClF3O3S/c1-20(30(36)37)38-25-14-16-26(17-15-25)39-19-18-27(22-10-12-24(32)13-11-22)21-6-8-23(9-7-21)28-4-2-3-5-29(28)31(33,34)35/h2-18,20H,19H2,1H3,(H,36,37). The molecular formula is C31H24ClF3O3S. The zero-order valence-electron chi connectivity index (χ0n) is 20.8. The Hall–Kier alpha value is -3.68. The van der Waals surface area contributed by atoms with Gasteiger partial charge in [0.1, 0.15) is 5.75 Å². The fourth-order valence-corrected chi connectivity index (χ4v) is 4.83. The summed E-state index contributed by atoms with van der Waals surface area (Å²) in [5.74, 6) is 0.0484. The Bertz CT molecular complexity index is 1450. The van der Waals surface area contributed by atoms with Crippen LogP contribution in [0.25, 0.3) is 16.7 Å². The minimum absolute atomic E-state index is 0.134. The minimum atomic E-state index is -4.44. The van der Waals surface area contributed by atoms with Crippen LogP contribution in [-0.4, -0.2) is 22.9 Å². The zero-order chi connectivity index (χ0) is 28.0. The van der Waals surface area contributed by atoms with Gasteiger partial charge in [-0.15, -0.1) is 11.8 Å². The third-order valence-electron chi connectivity index (χ3n) is 5.92. The number of hydrogen-bond acceptors (Lipinski definition) is 3. The Morgan fingerprint density at radius 2 is 1.51 bits per heavy atom. The molecule has 0 aliphatic carbocycles. The van der Waals surface area contributed by atoms with Crippen LogP contribution in [0.3, 0.4) is 0 Å². The average Bonchev–Trinajstić information content (AvgIpc) is 2.92. The van der Waals surface area contributed by atoms with Crippen molar-refractivity contribution in [1.29, 1.82) is 0 Å². The molecule has 0 bridgehead atoms. The molecule has 0 aliphatic heterocycles. The van der Waals surface area contributed by atoms with Crippen LogP contribution in [0.15, 0.2) is 108 Å². The number of rotatable bonds is 9. The molecular weight excluding hydrogens is 545 g/mol. The second-order valence-corrected chi connectivity index (χ2v) is 10.2. The average molecular weight is 569 g/mol. The minimum Gasteiger partial charge on any atom is -0.479 e. The first kappa shape index (κ1) is 28.3. The Kier molecular flexibility index (Phi) is 9.04. The SMILES string of the molecule is CC(Oc1ccc(SCC=C(c2ccc(Cl)cc2)c2ccc(-c3ccccc3C(F)(F)F)cc2)cc1)C(=O)O. The predicted molar refractivity (Wildman–Crippen MR) is 150 cm³/mol. The lowest BCUT2D eigenvalue weighted by molar-refractivity contribution is -0.144. The molecule has 39 heavy (non-hydrogen) atoms. The van der Waals surface area contributed by atoms with Gasteiger partial charge in [0.25, 0.3) is 0 Å². The number of aliphatic carboxylic acids is 1. The van der Waals surface area contributed by atoms with Gasteiger partial charge in [0.05, 0.1) is 5.56 Å². The maximum absolute atomic E-state index is 13.5. The lowest BCUT2D eigenvalue weighted by Gasteiger charge is -2.14. The van der Waals surface area contributed by atoms with Crippen molar-refractivity contribution in [2.24, 2.45) is 0 Å². The highest BCUT2D eigenvalue weighted by Crippen LogP contribution is 2.37. The summed E-state index contributed by atoms with van der Waals surface area (Å²) < 4.78 is 46.0. The van der Waals surface area contributed by atoms with Crippen LogP contribution in [0.2, 0.25) is 5.02 Å². The van der Waals surface area contributed by atoms with Crippen LogP contribution in [0.4, 0.5) is 13.2 Å². The maximum atomic E-state index is 13.5. The van der Waals surface area contributed by atoms with Crippen molar-refractivity contribution < 1.29 is 27.8 Å². The number of hydrogen-bond donors (Lipinski definition) is 1. The van der Waals surface area contributed by atoms with E-state index in [-0.39, 0.29) is 5.56 Å². The highest BCUT2D eigenvalue weighted by molar-refractivity contribution is 7.99. The van der Waals surface area contributed by atoms with Gasteiger partial charge in [0.2, 0.25) is 0 Å². The molecule has 0 aromatic heterocycles. The van der Waals surface area contributed by atoms with Gasteiger partial charge in [-0.2, -0.15) is 13.2 Å². The highest BCUT2D eigenvalue weighted by atomic mass is 35.5. The van der Waals surface area contributed by atoms with Gasteiger partial charge in [0.15, 0.2) is 6.10 Å². The van der Waals surface area contributed by atoms with E-state index in [4.69, 9.17) is 21.4 Å². The second kappa shape index (κ2) is 12.5. The number of carboxylic acid groups (broad SMARTS) is 1. The van der Waals surface area contributed by atoms with Gasteiger partial charge >= 0.3 is 12.1 Å². The molecule has 0 saturated carbocycles. The monoisotopic (exact) mass is 568 g/mol. The molecule has 8 heteroatoms. The van der Waals surface area contributed by atoms with Gasteiger partial charge in [-0.05, 0) is 77.2 Å². The summed E-state index contributed by atoms with van der Waals surface area (Å²) in [6.07, 6.45) is -3.33. The molecule has 0 radical (unpaired) electrons. The first-order chi connectivity index (χ1) is 18.6. The molecule has 0 amide bonds. The fraction of sp³-hybridized carbons (Fsp3) is 0.129. The quantitative estimate of drug-likeness (QED) is 0.205. The van der Waals surface area contributed by atoms with Gasteiger partial charge in [-0.1, -0.05) is 72.3 Å². The number of carbonyl (C=O) groups is 1. The van der Waals surface area contributed by atoms with E-state index in [1.165, 1.54) is 19.1 Å². The molecule has 1 N–H and O–H groups in total. The molecule has 0 aliphatic rings. The number of ether oxygens (including phenoxy) is 1. The highest BCUT2D eigenvalue weighted by Gasteiger charge is 2.33. The summed E-state index contributed by atoms with van der Waals surface area (Å²) in [7, 11) is 0. The topological polar surface area (TPSA) is 46.5 Å². The number of benzene rings is 4. The zero-order valence-corrected chi connectivity index (χ0v) is 22.4. The molecule has 0 fully saturated rings. The van der Waals surface area contributed by atoms with Crippen LogP contribution in [0.5, 0.6) is 5.75 Å². The van der Waals surface area contributed by atoms with Crippen molar-refractivity contribution in [3.05, 3.63) is 125 Å². The Labute approximate surface area is 233 Å². The molecule has 0 heterocycles. The summed E-state index contributed by atoms with van der Waals surface area (Å²) in [6, 6.07) is 27.2. The van der Waals surface area contributed by atoms with E-state index in [0.29, 0.717) is 22.1 Å². The van der Waals surface area contributed by atoms with Crippen LogP contribution >= 0.6 is 23.4 Å². The summed E-state index contributed by atoms with van der Waals surface area (Å²) in [5, 5.41) is 9.60. The fourth-order valence-electron chi connectivity index (χ4n) is 3.93. The number of thioether (sulfide) groups is 1. The van der Waals surface area contributed by atoms with E-state index in [1.54, 1.807) is 54.2 Å². The van der Waals surface area contributed by atoms with E-state index in [9.17, 15) is 18.0 Å². The molecule has 4 aromatic rings. The van der Waals surface area contributed by atoms with Crippen molar-refractivity contribution in [3.8, 4) is 16.9 Å². The van der Waals surface area contributed by atoms with Crippen LogP contribution in [0, 0.1) is 0 Å². The Morgan fingerprint density at radius 1 is 0.923 bits per heavy atom. The van der Waals surface area contributed by atoms with Crippen molar-refractivity contribution in [3.63, 3.8) is 0 Å². The Morgan fingerprint density at radius 3 is 2.10 bits per heavy atom. The normalized spacial score (nSPS) is 12.7. The third-order valence-corrected chi connectivity index (χ3v) is 7.11. The molecule has 4 aromatic carbocycles. The molecule has 200 valence electrons. The van der Waals surface area contributed by atoms with Crippen molar-refractivity contribution in [2.45, 2.75) is 24.1 Å². The number of alkyl halides is 3. The van der Waals surface area contributed by atoms with E-state index < -0.39 is 23.8 Å². The lowest BCUT2D eigenvalue weighted by Crippen LogP contribution is -2.22. The second-order valence-electron chi connectivity index (χ2n) is 8.63. The maximum Gasteiger partial charge on any atom is 0.417 e. The van der Waals surface area contributed by atoms with Crippen molar-refractivity contribution >= 4 is 34.9 Å². The van der Waals surface area contributed by atoms with Gasteiger partial charge in [-0.3, -0.25) is 0 Å². The van der Waals surface area contributed by atoms with E-state index in [2.05, 4.69) is 6.08 Å². The Balaban J connectivity index is 1.57. The smallest absolute Gasteiger partial charge is 0.417 e. The molecule has 0 spiro atoms. The van der Waals surface area contributed by atoms with Crippen molar-refractivity contribution in [1.82, 2.24) is 0 Å². The summed E-state index contributed by atoms with van der Waals surface area (Å²) in [6.45, 7) is 1.47. The van der Waals surface area contributed by atoms with E-state index in [1.807, 2.05) is 36.4 Å². The summed E-state index contributed by atoms with van der Waals surface area (Å²) in [4.78, 5) is 12.0. The van der Waals surface area contributed by atoms with Crippen LogP contribution < -0.4 is 4.74 Å². The molecule has 0 saturated heterocycles. The van der Waals surface area contributed by atoms with E-state index in [0.717, 1.165) is 27.7 Å². The summed E-state index contributed by atoms with van der Waals surface area (Å²) in [5.41, 5.74) is 2.65. The lowest BCUT2D eigenvalue weighted by atomic mass is 9.94. The molecule has 1 unspecified atom stereocenters. The largest absolute Gasteiger partial charge is 0.479 e. The van der Waals surface area contributed by atoms with Crippen LogP contribution in [-0.2, 0) is 11.0 Å². The first-order valence-corrected chi connectivity index (χ1v) is 13.3. The van der Waals surface area contributed by atoms with Gasteiger partial charge in [-0.25, -0.2) is 4.79 Å². The van der Waals surface area contributed by atoms with Gasteiger partial charge < -0.3 is 9.84 Å². The molecule has 1 atom stereocenters. The first-order valence-electron chi connectivity index (χ1n) is 12.0. The molecule has 3 nitrogen and oxygen atoms in total. The number of carboxylic acids is 1. The van der Waals surface area contributed by atoms with E-state index >= 15 is 0 Å². The van der Waals surface area contributed by atoms with Crippen LogP contribution in [0.1, 0.15) is 23.6 Å². The predicted octanol–water partition coefficient (Wildman–Crippen LogP) is 9.10. The van der Waals surface area contributed by atoms with Crippen molar-refractivity contribution in [2.75, 3.05) is 5.75 Å². The third kappa shape index (κ3) is 7.46. The molecule has 4 rings (SSSR count). The summed E-state index contributed by atoms with van der Waals surface area (Å²) >= 11 is 7.67.